The maximum absolute atomic E-state index is 13.8. The molecule has 0 bridgehead atoms. The average molecular weight is 484 g/mol. The lowest BCUT2D eigenvalue weighted by Crippen LogP contribution is -2.38. The minimum atomic E-state index is -1.00. The summed E-state index contributed by atoms with van der Waals surface area (Å²) in [5.41, 5.74) is 5.79. The summed E-state index contributed by atoms with van der Waals surface area (Å²) in [5, 5.41) is 24.3. The Bertz CT molecular complexity index is 1440. The molecule has 5 heteroatoms. The summed E-state index contributed by atoms with van der Waals surface area (Å²) in [7, 11) is 0. The molecule has 0 saturated carbocycles. The first-order chi connectivity index (χ1) is 16.8. The second-order valence-corrected chi connectivity index (χ2v) is 9.72. The van der Waals surface area contributed by atoms with Crippen LogP contribution < -0.4 is 5.32 Å². The molecular formula is C30H26ClNO3. The number of fused-ring (bicyclic) bond motifs is 1. The lowest BCUT2D eigenvalue weighted by molar-refractivity contribution is -0.119. The van der Waals surface area contributed by atoms with Crippen LogP contribution in [-0.2, 0) is 23.1 Å². The van der Waals surface area contributed by atoms with Crippen LogP contribution in [0.3, 0.4) is 0 Å². The van der Waals surface area contributed by atoms with Gasteiger partial charge in [0.05, 0.1) is 0 Å². The molecule has 1 unspecified atom stereocenters. The third-order valence-corrected chi connectivity index (χ3v) is 7.26. The number of hydrogen-bond acceptors (Lipinski definition) is 3. The normalized spacial score (nSPS) is 16.7. The van der Waals surface area contributed by atoms with Gasteiger partial charge in [0.1, 0.15) is 16.9 Å². The van der Waals surface area contributed by atoms with E-state index in [9.17, 15) is 15.0 Å². The maximum Gasteiger partial charge on any atom is 0.239 e. The van der Waals surface area contributed by atoms with Gasteiger partial charge in [-0.05, 0) is 89.9 Å². The van der Waals surface area contributed by atoms with Crippen LogP contribution >= 0.6 is 11.6 Å². The summed E-state index contributed by atoms with van der Waals surface area (Å²) in [4.78, 5) is 13.8. The van der Waals surface area contributed by atoms with Crippen LogP contribution in [0.15, 0.2) is 78.9 Å². The van der Waals surface area contributed by atoms with Crippen LogP contribution in [0.1, 0.15) is 38.9 Å². The third-order valence-electron chi connectivity index (χ3n) is 6.90. The number of benzene rings is 4. The molecule has 4 nitrogen and oxygen atoms in total. The smallest absolute Gasteiger partial charge is 0.239 e. The standard InChI is InChI=1S/C30H26ClNO3/c1-18-12-23(13-19(2)28(18)34)30(17-21-6-5-8-24(33)15-21)25-11-10-20(16-27(25)32-29(30)35)14-22-7-3-4-9-26(22)31/h3-13,15-16,33-34H,14,17H2,1-2H3,(H,32,35). The fourth-order valence-corrected chi connectivity index (χ4v) is 5.33. The number of carbonyl (C=O) groups excluding carboxylic acids is 1. The van der Waals surface area contributed by atoms with E-state index in [1.165, 1.54) is 0 Å². The number of rotatable bonds is 5. The van der Waals surface area contributed by atoms with Crippen molar-refractivity contribution >= 4 is 23.2 Å². The van der Waals surface area contributed by atoms with E-state index in [0.29, 0.717) is 29.0 Å². The van der Waals surface area contributed by atoms with Gasteiger partial charge in [0, 0.05) is 10.7 Å². The molecule has 1 amide bonds. The van der Waals surface area contributed by atoms with Crippen LogP contribution in [0.5, 0.6) is 11.5 Å². The second kappa shape index (κ2) is 8.79. The Labute approximate surface area is 209 Å². The van der Waals surface area contributed by atoms with Gasteiger partial charge in [-0.3, -0.25) is 4.79 Å². The largest absolute Gasteiger partial charge is 0.508 e. The van der Waals surface area contributed by atoms with Gasteiger partial charge in [-0.15, -0.1) is 0 Å². The number of aromatic hydroxyl groups is 2. The number of carbonyl (C=O) groups is 1. The highest BCUT2D eigenvalue weighted by atomic mass is 35.5. The van der Waals surface area contributed by atoms with Crippen LogP contribution in [-0.4, -0.2) is 16.1 Å². The third kappa shape index (κ3) is 4.04. The number of anilines is 1. The molecule has 176 valence electrons. The van der Waals surface area contributed by atoms with Crippen molar-refractivity contribution in [3.8, 4) is 11.5 Å². The molecule has 0 saturated heterocycles. The van der Waals surface area contributed by atoms with Gasteiger partial charge in [-0.25, -0.2) is 0 Å². The predicted molar refractivity (Wildman–Crippen MR) is 140 cm³/mol. The number of phenols is 2. The van der Waals surface area contributed by atoms with Crippen LogP contribution in [0, 0.1) is 13.8 Å². The Morgan fingerprint density at radius 2 is 1.60 bits per heavy atom. The van der Waals surface area contributed by atoms with E-state index in [2.05, 4.69) is 5.32 Å². The average Bonchev–Trinajstić information content (AvgIpc) is 3.10. The van der Waals surface area contributed by atoms with E-state index in [1.807, 2.05) is 74.5 Å². The van der Waals surface area contributed by atoms with Gasteiger partial charge >= 0.3 is 0 Å². The second-order valence-electron chi connectivity index (χ2n) is 9.31. The van der Waals surface area contributed by atoms with Crippen molar-refractivity contribution < 1.29 is 15.0 Å². The Morgan fingerprint density at radius 1 is 0.857 bits per heavy atom. The number of hydrogen-bond donors (Lipinski definition) is 3. The van der Waals surface area contributed by atoms with E-state index in [0.717, 1.165) is 33.5 Å². The lowest BCUT2D eigenvalue weighted by Gasteiger charge is -2.29. The number of nitrogens with one attached hydrogen (secondary N) is 1. The van der Waals surface area contributed by atoms with Crippen molar-refractivity contribution in [2.24, 2.45) is 0 Å². The quantitative estimate of drug-likeness (QED) is 0.306. The van der Waals surface area contributed by atoms with E-state index < -0.39 is 5.41 Å². The van der Waals surface area contributed by atoms with Crippen molar-refractivity contribution in [3.63, 3.8) is 0 Å². The van der Waals surface area contributed by atoms with Crippen molar-refractivity contribution in [1.29, 1.82) is 0 Å². The van der Waals surface area contributed by atoms with Crippen molar-refractivity contribution in [3.05, 3.63) is 123 Å². The predicted octanol–water partition coefficient (Wildman–Crippen LogP) is 6.44. The Balaban J connectivity index is 1.65. The summed E-state index contributed by atoms with van der Waals surface area (Å²) in [6, 6.07) is 24.6. The van der Waals surface area contributed by atoms with Crippen LogP contribution in [0.25, 0.3) is 0 Å². The molecule has 3 N–H and O–H groups in total. The number of amides is 1. The molecule has 0 spiro atoms. The first kappa shape index (κ1) is 23.0. The fraction of sp³-hybridized carbons (Fsp3) is 0.167. The molecular weight excluding hydrogens is 458 g/mol. The number of phenolic OH excluding ortho intramolecular Hbond substituents is 2. The Hall–Kier alpha value is -3.76. The number of halogens is 1. The summed E-state index contributed by atoms with van der Waals surface area (Å²) < 4.78 is 0. The van der Waals surface area contributed by atoms with Gasteiger partial charge in [-0.1, -0.05) is 66.2 Å². The lowest BCUT2D eigenvalue weighted by atomic mass is 9.70. The van der Waals surface area contributed by atoms with Gasteiger partial charge < -0.3 is 15.5 Å². The maximum atomic E-state index is 13.8. The molecule has 0 aromatic heterocycles. The highest BCUT2D eigenvalue weighted by molar-refractivity contribution is 6.31. The van der Waals surface area contributed by atoms with Crippen LogP contribution in [0.2, 0.25) is 5.02 Å². The van der Waals surface area contributed by atoms with Gasteiger partial charge in [0.25, 0.3) is 0 Å². The highest BCUT2D eigenvalue weighted by Crippen LogP contribution is 2.47. The minimum absolute atomic E-state index is 0.129. The Morgan fingerprint density at radius 3 is 2.31 bits per heavy atom. The molecule has 1 heterocycles. The van der Waals surface area contributed by atoms with Crippen LogP contribution in [0.4, 0.5) is 5.69 Å². The molecule has 35 heavy (non-hydrogen) atoms. The summed E-state index contributed by atoms with van der Waals surface area (Å²) >= 11 is 6.37. The molecule has 5 rings (SSSR count). The number of aryl methyl sites for hydroxylation is 2. The van der Waals surface area contributed by atoms with Crippen molar-refractivity contribution in [1.82, 2.24) is 0 Å². The van der Waals surface area contributed by atoms with Gasteiger partial charge in [-0.2, -0.15) is 0 Å². The zero-order chi connectivity index (χ0) is 24.7. The summed E-state index contributed by atoms with van der Waals surface area (Å²) in [6.07, 6.45) is 1.02. The molecule has 0 radical (unpaired) electrons. The Kier molecular flexibility index (Phi) is 5.78. The van der Waals surface area contributed by atoms with E-state index in [-0.39, 0.29) is 17.4 Å². The molecule has 0 aliphatic carbocycles. The highest BCUT2D eigenvalue weighted by Gasteiger charge is 2.48. The van der Waals surface area contributed by atoms with Gasteiger partial charge in [0.2, 0.25) is 5.91 Å². The van der Waals surface area contributed by atoms with Crippen molar-refractivity contribution in [2.75, 3.05) is 5.32 Å². The van der Waals surface area contributed by atoms with E-state index >= 15 is 0 Å². The molecule has 0 fully saturated rings. The molecule has 1 aliphatic heterocycles. The molecule has 4 aromatic carbocycles. The zero-order valence-electron chi connectivity index (χ0n) is 19.6. The van der Waals surface area contributed by atoms with Gasteiger partial charge in [0.15, 0.2) is 0 Å². The molecule has 1 atom stereocenters. The topological polar surface area (TPSA) is 69.6 Å². The molecule has 1 aliphatic rings. The van der Waals surface area contributed by atoms with E-state index in [4.69, 9.17) is 11.6 Å². The van der Waals surface area contributed by atoms with Crippen molar-refractivity contribution in [2.45, 2.75) is 32.1 Å². The summed E-state index contributed by atoms with van der Waals surface area (Å²) in [5.74, 6) is 0.259. The zero-order valence-corrected chi connectivity index (χ0v) is 20.4. The molecule has 4 aromatic rings. The van der Waals surface area contributed by atoms with E-state index in [1.54, 1.807) is 18.2 Å². The monoisotopic (exact) mass is 483 g/mol. The fourth-order valence-electron chi connectivity index (χ4n) is 5.13. The summed E-state index contributed by atoms with van der Waals surface area (Å²) in [6.45, 7) is 3.68. The minimum Gasteiger partial charge on any atom is -0.508 e. The first-order valence-electron chi connectivity index (χ1n) is 11.5. The SMILES string of the molecule is Cc1cc(C2(Cc3cccc(O)c3)C(=O)Nc3cc(Cc4ccccc4Cl)ccc32)cc(C)c1O. The first-order valence-corrected chi connectivity index (χ1v) is 11.9.